The third-order valence-corrected chi connectivity index (χ3v) is 10.7. The van der Waals surface area contributed by atoms with E-state index in [1.807, 2.05) is 0 Å². The van der Waals surface area contributed by atoms with E-state index in [-0.39, 0.29) is 0 Å². The summed E-state index contributed by atoms with van der Waals surface area (Å²) >= 11 is 0. The van der Waals surface area contributed by atoms with Crippen molar-refractivity contribution >= 4 is 39.5 Å². The Bertz CT molecular complexity index is 2800. The maximum Gasteiger partial charge on any atom is 0.0809 e. The van der Waals surface area contributed by atoms with E-state index in [9.17, 15) is 0 Å². The highest BCUT2D eigenvalue weighted by molar-refractivity contribution is 6.15. The van der Waals surface area contributed by atoms with E-state index in [1.165, 1.54) is 50.0 Å². The van der Waals surface area contributed by atoms with Crippen LogP contribution in [0.4, 0.5) is 0 Å². The highest BCUT2D eigenvalue weighted by atomic mass is 15.0. The van der Waals surface area contributed by atoms with Crippen LogP contribution < -0.4 is 0 Å². The molecule has 0 bridgehead atoms. The van der Waals surface area contributed by atoms with Gasteiger partial charge in [-0.25, -0.2) is 9.97 Å². The summed E-state index contributed by atoms with van der Waals surface area (Å²) in [5.41, 5.74) is 17.0. The van der Waals surface area contributed by atoms with Crippen molar-refractivity contribution in [3.05, 3.63) is 193 Å². The summed E-state index contributed by atoms with van der Waals surface area (Å²) in [5, 5.41) is 2.33. The molecule has 3 aromatic heterocycles. The topological polar surface area (TPSA) is 30.7 Å². The average molecular weight is 692 g/mol. The maximum atomic E-state index is 5.27. The minimum atomic E-state index is 0.899. The second kappa shape index (κ2) is 13.6. The second-order valence-corrected chi connectivity index (χ2v) is 14.0. The number of nitrogens with zero attached hydrogens (tertiary/aromatic N) is 3. The smallest absolute Gasteiger partial charge is 0.0809 e. The zero-order chi connectivity index (χ0) is 35.8. The molecule has 8 aromatic rings. The number of pyridine rings is 2. The van der Waals surface area contributed by atoms with Crippen molar-refractivity contribution in [3.63, 3.8) is 0 Å². The summed E-state index contributed by atoms with van der Waals surface area (Å²) in [4.78, 5) is 10.4. The highest BCUT2D eigenvalue weighted by Crippen LogP contribution is 2.42. The predicted octanol–water partition coefficient (Wildman–Crippen LogP) is 13.4. The van der Waals surface area contributed by atoms with Crippen molar-refractivity contribution in [1.29, 1.82) is 0 Å². The average Bonchev–Trinajstić information content (AvgIpc) is 3.38. The Morgan fingerprint density at radius 3 is 1.91 bits per heavy atom. The van der Waals surface area contributed by atoms with Crippen molar-refractivity contribution in [2.45, 2.75) is 19.3 Å². The van der Waals surface area contributed by atoms with Crippen molar-refractivity contribution in [2.75, 3.05) is 0 Å². The normalized spacial score (nSPS) is 13.6. The number of aromatic nitrogens is 3. The van der Waals surface area contributed by atoms with Crippen LogP contribution in [-0.4, -0.2) is 14.5 Å². The Balaban J connectivity index is 1.05. The lowest BCUT2D eigenvalue weighted by Gasteiger charge is -2.14. The third kappa shape index (κ3) is 5.71. The molecular weight excluding hydrogens is 655 g/mol. The summed E-state index contributed by atoms with van der Waals surface area (Å²) in [7, 11) is 0. The summed E-state index contributed by atoms with van der Waals surface area (Å²) in [6.45, 7) is 0. The lowest BCUT2D eigenvalue weighted by Crippen LogP contribution is -1.98. The fraction of sp³-hybridized carbons (Fsp3) is 0.0588. The van der Waals surface area contributed by atoms with Crippen LogP contribution in [0.3, 0.4) is 0 Å². The van der Waals surface area contributed by atoms with Gasteiger partial charge in [0.2, 0.25) is 0 Å². The van der Waals surface area contributed by atoms with Crippen LogP contribution in [0.15, 0.2) is 176 Å². The Labute approximate surface area is 315 Å². The van der Waals surface area contributed by atoms with Gasteiger partial charge in [-0.15, -0.1) is 0 Å². The Morgan fingerprint density at radius 1 is 0.519 bits per heavy atom. The second-order valence-electron chi connectivity index (χ2n) is 14.0. The molecule has 3 heterocycles. The molecule has 0 saturated carbocycles. The Kier molecular flexibility index (Phi) is 8.03. The van der Waals surface area contributed by atoms with Gasteiger partial charge in [0, 0.05) is 33.2 Å². The standard InChI is InChI=1S/C51H37N3/c1-5-15-38(16-6-1)46-33-41(34-47(52-46)39-17-7-2-8-18-39)37-27-25-35(26-28-37)36-29-31-42(32-30-36)54-48-24-12-4-11-22-44(48)49-50(40-19-9-3-10-20-40)53-45-23-14-13-21-43(45)51(49)54/h1-3,5-7,9-17,19-34H,4,8,18H2. The first-order chi connectivity index (χ1) is 26.8. The van der Waals surface area contributed by atoms with Gasteiger partial charge in [0.05, 0.1) is 33.8 Å². The van der Waals surface area contributed by atoms with Crippen molar-refractivity contribution in [1.82, 2.24) is 14.5 Å². The Morgan fingerprint density at radius 2 is 1.17 bits per heavy atom. The molecule has 0 atom stereocenters. The SMILES string of the molecule is C1=CCCC(c2cc(-c3ccc(-c4ccc(-n5c6c(c7c(-c8ccccc8)nc8ccccc8c75)C=CCC=C6)cc4)cc3)cc(-c3ccccc3)n2)=C1. The molecule has 0 spiro atoms. The lowest BCUT2D eigenvalue weighted by molar-refractivity contribution is 1.04. The molecule has 0 saturated heterocycles. The lowest BCUT2D eigenvalue weighted by atomic mass is 9.95. The fourth-order valence-corrected chi connectivity index (χ4v) is 7.99. The molecule has 3 nitrogen and oxygen atoms in total. The molecule has 0 radical (unpaired) electrons. The molecule has 2 aliphatic carbocycles. The minimum absolute atomic E-state index is 0.899. The van der Waals surface area contributed by atoms with Crippen LogP contribution in [0.1, 0.15) is 36.2 Å². The summed E-state index contributed by atoms with van der Waals surface area (Å²) in [6.07, 6.45) is 18.6. The number of hydrogen-bond acceptors (Lipinski definition) is 2. The van der Waals surface area contributed by atoms with E-state index >= 15 is 0 Å². The van der Waals surface area contributed by atoms with Gasteiger partial charge in [-0.3, -0.25) is 0 Å². The molecule has 256 valence electrons. The fourth-order valence-electron chi connectivity index (χ4n) is 7.99. The maximum absolute atomic E-state index is 5.27. The molecule has 0 amide bonds. The van der Waals surface area contributed by atoms with E-state index in [4.69, 9.17) is 9.97 Å². The van der Waals surface area contributed by atoms with Gasteiger partial charge in [0.25, 0.3) is 0 Å². The van der Waals surface area contributed by atoms with E-state index in [0.717, 1.165) is 64.1 Å². The monoisotopic (exact) mass is 691 g/mol. The van der Waals surface area contributed by atoms with Gasteiger partial charge in [-0.1, -0.05) is 152 Å². The van der Waals surface area contributed by atoms with Crippen LogP contribution in [0.25, 0.3) is 90.0 Å². The third-order valence-electron chi connectivity index (χ3n) is 10.7. The summed E-state index contributed by atoms with van der Waals surface area (Å²) < 4.78 is 2.43. The van der Waals surface area contributed by atoms with Crippen LogP contribution in [0.5, 0.6) is 0 Å². The quantitative estimate of drug-likeness (QED) is 0.174. The first kappa shape index (κ1) is 31.9. The summed E-state index contributed by atoms with van der Waals surface area (Å²) in [5.74, 6) is 0. The van der Waals surface area contributed by atoms with Crippen molar-refractivity contribution in [3.8, 4) is 50.5 Å². The number of rotatable bonds is 6. The van der Waals surface area contributed by atoms with E-state index in [2.05, 4.69) is 193 Å². The zero-order valence-electron chi connectivity index (χ0n) is 29.9. The largest absolute Gasteiger partial charge is 0.308 e. The molecule has 54 heavy (non-hydrogen) atoms. The molecule has 3 heteroatoms. The number of hydrogen-bond donors (Lipinski definition) is 0. The molecular formula is C51H37N3. The molecule has 0 unspecified atom stereocenters. The number of fused-ring (bicyclic) bond motifs is 5. The molecule has 5 aromatic carbocycles. The van der Waals surface area contributed by atoms with Crippen LogP contribution in [0.2, 0.25) is 0 Å². The first-order valence-corrected chi connectivity index (χ1v) is 18.8. The van der Waals surface area contributed by atoms with Gasteiger partial charge in [0.15, 0.2) is 0 Å². The van der Waals surface area contributed by atoms with E-state index in [0.29, 0.717) is 0 Å². The van der Waals surface area contributed by atoms with E-state index in [1.54, 1.807) is 0 Å². The molecule has 0 N–H and O–H groups in total. The van der Waals surface area contributed by atoms with Gasteiger partial charge < -0.3 is 4.57 Å². The van der Waals surface area contributed by atoms with Gasteiger partial charge in [-0.05, 0) is 83.5 Å². The first-order valence-electron chi connectivity index (χ1n) is 18.8. The van der Waals surface area contributed by atoms with Gasteiger partial charge in [0.1, 0.15) is 0 Å². The minimum Gasteiger partial charge on any atom is -0.308 e. The molecule has 0 aliphatic heterocycles. The van der Waals surface area contributed by atoms with Crippen LogP contribution in [0, 0.1) is 0 Å². The van der Waals surface area contributed by atoms with Crippen LogP contribution >= 0.6 is 0 Å². The van der Waals surface area contributed by atoms with Crippen LogP contribution in [-0.2, 0) is 0 Å². The van der Waals surface area contributed by atoms with E-state index < -0.39 is 0 Å². The van der Waals surface area contributed by atoms with Gasteiger partial charge in [-0.2, -0.15) is 0 Å². The van der Waals surface area contributed by atoms with Gasteiger partial charge >= 0.3 is 0 Å². The van der Waals surface area contributed by atoms with Crippen molar-refractivity contribution in [2.24, 2.45) is 0 Å². The summed E-state index contributed by atoms with van der Waals surface area (Å²) in [6, 6.07) is 52.1. The Hall–Kier alpha value is -6.84. The molecule has 0 fully saturated rings. The number of para-hydroxylation sites is 1. The number of allylic oxidation sites excluding steroid dienone is 6. The zero-order valence-corrected chi connectivity index (χ0v) is 29.9. The van der Waals surface area contributed by atoms with Crippen molar-refractivity contribution < 1.29 is 0 Å². The molecule has 2 aliphatic rings. The molecule has 10 rings (SSSR count). The predicted molar refractivity (Wildman–Crippen MR) is 227 cm³/mol. The number of benzene rings is 5. The highest BCUT2D eigenvalue weighted by Gasteiger charge is 2.23.